The van der Waals surface area contributed by atoms with E-state index in [0.29, 0.717) is 106 Å². The maximum absolute atomic E-state index is 14.1. The van der Waals surface area contributed by atoms with E-state index in [4.69, 9.17) is 25.8 Å². The molecule has 0 radical (unpaired) electrons. The number of ether oxygens (including phenoxy) is 3. The van der Waals surface area contributed by atoms with Gasteiger partial charge in [-0.2, -0.15) is 13.2 Å². The molecule has 2 amide bonds. The maximum Gasteiger partial charge on any atom is 0.501 e. The van der Waals surface area contributed by atoms with Crippen molar-refractivity contribution >= 4 is 71.4 Å². The van der Waals surface area contributed by atoms with Crippen LogP contribution in [0.25, 0.3) is 16.6 Å². The van der Waals surface area contributed by atoms with Crippen LogP contribution in [0.2, 0.25) is 5.02 Å². The predicted octanol–water partition coefficient (Wildman–Crippen LogP) is 9.19. The number of pyridine rings is 1. The van der Waals surface area contributed by atoms with Gasteiger partial charge < -0.3 is 34.3 Å². The third-order valence-corrected chi connectivity index (χ3v) is 16.8. The smallest absolute Gasteiger partial charge is 0.455 e. The zero-order valence-corrected chi connectivity index (χ0v) is 45.5. The number of carbonyl (C=O) groups is 2. The largest absolute Gasteiger partial charge is 0.501 e. The second-order valence-electron chi connectivity index (χ2n) is 20.8. The molecule has 2 aliphatic heterocycles. The van der Waals surface area contributed by atoms with E-state index in [1.165, 1.54) is 23.4 Å². The summed E-state index contributed by atoms with van der Waals surface area (Å²) in [6.45, 7) is 14.5. The van der Waals surface area contributed by atoms with Crippen molar-refractivity contribution in [1.29, 1.82) is 0 Å². The number of piperazine rings is 1. The molecule has 0 saturated carbocycles. The van der Waals surface area contributed by atoms with Crippen molar-refractivity contribution in [3.8, 4) is 11.5 Å². The summed E-state index contributed by atoms with van der Waals surface area (Å²) in [5.41, 5.74) is -2.41. The van der Waals surface area contributed by atoms with Crippen LogP contribution in [0.5, 0.6) is 11.5 Å². The fourth-order valence-electron chi connectivity index (χ4n) is 9.84. The number of benzene rings is 3. The third-order valence-electron chi connectivity index (χ3n) is 13.7. The number of fused-ring (bicyclic) bond motifs is 1. The van der Waals surface area contributed by atoms with E-state index in [2.05, 4.69) is 36.9 Å². The number of rotatable bonds is 17. The zero-order chi connectivity index (χ0) is 54.6. The summed E-state index contributed by atoms with van der Waals surface area (Å²) in [5.74, 6) is -1.01. The number of nitrogens with zero attached hydrogens (tertiary/aromatic N) is 5. The Bertz CT molecular complexity index is 3170. The summed E-state index contributed by atoms with van der Waals surface area (Å²) in [4.78, 5) is 40.6. The lowest BCUT2D eigenvalue weighted by Crippen LogP contribution is -2.48. The zero-order valence-electron chi connectivity index (χ0n) is 43.1. The van der Waals surface area contributed by atoms with Gasteiger partial charge in [-0.1, -0.05) is 36.2 Å². The molecule has 17 nitrogen and oxygen atoms in total. The average Bonchev–Trinajstić information content (AvgIpc) is 3.84. The standard InChI is InChI=1S/C53H64ClF3N8O9S2/c1-51(2,3)74-50(67)62(5)35-52(4)17-15-43(36-7-9-39(54)10-8-36)38(32-52)34-64-21-23-65(24-22-64)40-11-13-44(46(30-40)73-41-29-37-16-19-59-48(37)60-33-41)49(66)61-76(70,71)42-12-14-45(47(31-42)75(68,69)53(55,56)57)58-18-6-20-63-25-27-72-28-26-63/h7-14,16,19,29-31,33,58H,6,15,17-18,20-28,32,34-35H2,1-5H3,(H,59,60)(H,61,66)/t52-/m1/s1. The first-order chi connectivity index (χ1) is 35.9. The van der Waals surface area contributed by atoms with E-state index in [1.807, 2.05) is 49.8 Å². The number of alkyl halides is 3. The number of H-pyrrole nitrogens is 1. The van der Waals surface area contributed by atoms with Crippen molar-refractivity contribution in [2.24, 2.45) is 5.41 Å². The first-order valence-corrected chi connectivity index (χ1v) is 28.4. The minimum atomic E-state index is -6.06. The highest BCUT2D eigenvalue weighted by atomic mass is 35.5. The monoisotopic (exact) mass is 1110 g/mol. The van der Waals surface area contributed by atoms with Crippen molar-refractivity contribution in [1.82, 2.24) is 29.4 Å². The van der Waals surface area contributed by atoms with E-state index in [1.54, 1.807) is 42.4 Å². The SMILES string of the molecule is CN(C[C@]1(C)CCC(c2ccc(Cl)cc2)=C(CN2CCN(c3ccc(C(=O)NS(=O)(=O)c4ccc(NCCCN5CCOCC5)c(S(=O)(=O)C(F)(F)F)c4)c(Oc4cnc5[nH]ccc5c4)c3)CC2)C1)C(=O)OC(C)(C)C. The molecule has 3 aliphatic rings. The number of allylic oxidation sites excluding steroid dienone is 1. The molecule has 2 aromatic heterocycles. The Morgan fingerprint density at radius 1 is 0.921 bits per heavy atom. The molecule has 2 fully saturated rings. The van der Waals surface area contributed by atoms with Crippen LogP contribution in [-0.4, -0.2) is 150 Å². The number of aromatic amines is 1. The van der Waals surface area contributed by atoms with Gasteiger partial charge in [0.25, 0.3) is 25.8 Å². The first-order valence-electron chi connectivity index (χ1n) is 25.1. The number of aromatic nitrogens is 2. The molecule has 76 heavy (non-hydrogen) atoms. The second-order valence-corrected chi connectivity index (χ2v) is 24.8. The van der Waals surface area contributed by atoms with E-state index < -0.39 is 52.4 Å². The Labute approximate surface area is 446 Å². The molecule has 3 aromatic carbocycles. The number of amides is 2. The van der Waals surface area contributed by atoms with Gasteiger partial charge in [-0.25, -0.2) is 31.3 Å². The molecule has 5 aromatic rings. The summed E-state index contributed by atoms with van der Waals surface area (Å²) in [5, 5.41) is 4.07. The number of nitrogens with one attached hydrogen (secondary N) is 3. The van der Waals surface area contributed by atoms with Crippen molar-refractivity contribution < 1.29 is 53.8 Å². The molecule has 410 valence electrons. The van der Waals surface area contributed by atoms with Crippen LogP contribution >= 0.6 is 11.6 Å². The maximum atomic E-state index is 14.1. The number of hydrogen-bond donors (Lipinski definition) is 3. The second kappa shape index (κ2) is 23.0. The number of halogens is 4. The summed E-state index contributed by atoms with van der Waals surface area (Å²) >= 11 is 6.30. The highest BCUT2D eigenvalue weighted by molar-refractivity contribution is 7.92. The van der Waals surface area contributed by atoms with Crippen LogP contribution in [0.15, 0.2) is 101 Å². The molecule has 2 saturated heterocycles. The number of sulfonamides is 1. The highest BCUT2D eigenvalue weighted by Gasteiger charge is 2.48. The molecule has 1 atom stereocenters. The van der Waals surface area contributed by atoms with Gasteiger partial charge in [0.15, 0.2) is 0 Å². The van der Waals surface area contributed by atoms with Crippen LogP contribution in [0.3, 0.4) is 0 Å². The van der Waals surface area contributed by atoms with Gasteiger partial charge in [-0.15, -0.1) is 0 Å². The first kappa shape index (κ1) is 56.3. The van der Waals surface area contributed by atoms with Gasteiger partial charge in [-0.3, -0.25) is 14.6 Å². The van der Waals surface area contributed by atoms with Crippen molar-refractivity contribution in [3.05, 3.63) is 107 Å². The number of anilines is 2. The summed E-state index contributed by atoms with van der Waals surface area (Å²) < 4.78 is 115. The van der Waals surface area contributed by atoms with Crippen LogP contribution < -0.4 is 19.7 Å². The summed E-state index contributed by atoms with van der Waals surface area (Å²) in [6.07, 6.45) is 5.64. The topological polar surface area (TPSA) is 196 Å². The molecular formula is C53H64ClF3N8O9S2. The number of sulfone groups is 1. The lowest BCUT2D eigenvalue weighted by molar-refractivity contribution is -0.0436. The minimum absolute atomic E-state index is 0.0446. The molecule has 23 heteroatoms. The van der Waals surface area contributed by atoms with Gasteiger partial charge >= 0.3 is 11.6 Å². The summed E-state index contributed by atoms with van der Waals surface area (Å²) in [6, 6.07) is 18.3. The quantitative estimate of drug-likeness (QED) is 0.0746. The molecule has 8 rings (SSSR count). The molecule has 0 bridgehead atoms. The fraction of sp³-hybridized carbons (Fsp3) is 0.453. The highest BCUT2D eigenvalue weighted by Crippen LogP contribution is 2.44. The van der Waals surface area contributed by atoms with Gasteiger partial charge in [0.05, 0.1) is 35.6 Å². The Balaban J connectivity index is 1.01. The van der Waals surface area contributed by atoms with E-state index in [9.17, 15) is 39.6 Å². The van der Waals surface area contributed by atoms with Gasteiger partial charge in [0, 0.05) is 94.3 Å². The van der Waals surface area contributed by atoms with Crippen molar-refractivity contribution in [2.75, 3.05) is 95.9 Å². The van der Waals surface area contributed by atoms with Gasteiger partial charge in [0.2, 0.25) is 0 Å². The molecule has 3 N–H and O–H groups in total. The molecule has 4 heterocycles. The predicted molar refractivity (Wildman–Crippen MR) is 285 cm³/mol. The Morgan fingerprint density at radius 2 is 1.64 bits per heavy atom. The van der Waals surface area contributed by atoms with E-state index in [-0.39, 0.29) is 35.1 Å². The number of morpholine rings is 1. The van der Waals surface area contributed by atoms with Crippen molar-refractivity contribution in [2.45, 2.75) is 74.3 Å². The number of carbonyl (C=O) groups excluding carboxylic acids is 2. The third kappa shape index (κ3) is 13.8. The molecular weight excluding hydrogens is 1050 g/mol. The van der Waals surface area contributed by atoms with Crippen LogP contribution in [0.4, 0.5) is 29.3 Å². The Morgan fingerprint density at radius 3 is 2.34 bits per heavy atom. The van der Waals surface area contributed by atoms with Crippen LogP contribution in [0, 0.1) is 5.41 Å². The molecule has 0 unspecified atom stereocenters. The van der Waals surface area contributed by atoms with Gasteiger partial charge in [0.1, 0.15) is 27.6 Å². The lowest BCUT2D eigenvalue weighted by Gasteiger charge is -2.42. The Kier molecular flexibility index (Phi) is 17.0. The molecule has 1 aliphatic carbocycles. The van der Waals surface area contributed by atoms with Crippen molar-refractivity contribution in [3.63, 3.8) is 0 Å². The van der Waals surface area contributed by atoms with E-state index in [0.717, 1.165) is 37.0 Å². The normalized spacial score (nSPS) is 18.4. The van der Waals surface area contributed by atoms with Gasteiger partial charge in [-0.05, 0) is 124 Å². The minimum Gasteiger partial charge on any atom is -0.455 e. The lowest BCUT2D eigenvalue weighted by atomic mass is 9.71. The average molecular weight is 1110 g/mol. The van der Waals surface area contributed by atoms with Crippen LogP contribution in [0.1, 0.15) is 69.3 Å². The molecule has 0 spiro atoms. The summed E-state index contributed by atoms with van der Waals surface area (Å²) in [7, 11) is -9.29. The number of hydrogen-bond acceptors (Lipinski definition) is 14. The Hall–Kier alpha value is -5.91. The van der Waals surface area contributed by atoms with Crippen LogP contribution in [-0.2, 0) is 29.3 Å². The fourth-order valence-corrected chi connectivity index (χ4v) is 12.0. The van der Waals surface area contributed by atoms with E-state index >= 15 is 0 Å².